The number of nitrogens with zero attached hydrogens (tertiary/aromatic N) is 1. The van der Waals surface area contributed by atoms with E-state index in [1.807, 2.05) is 0 Å². The highest BCUT2D eigenvalue weighted by atomic mass is 35.5. The fourth-order valence-corrected chi connectivity index (χ4v) is 4.09. The SMILES string of the molecule is COC1CCN(S(=O)(=O)c2cc(N)cc(Cl)c2F)CC1. The molecule has 1 aromatic rings. The first-order chi connectivity index (χ1) is 9.36. The van der Waals surface area contributed by atoms with Crippen molar-refractivity contribution in [2.75, 3.05) is 25.9 Å². The van der Waals surface area contributed by atoms with Gasteiger partial charge < -0.3 is 10.5 Å². The minimum Gasteiger partial charge on any atom is -0.399 e. The van der Waals surface area contributed by atoms with E-state index in [0.29, 0.717) is 12.8 Å². The molecule has 1 saturated heterocycles. The van der Waals surface area contributed by atoms with Crippen LogP contribution < -0.4 is 5.73 Å². The van der Waals surface area contributed by atoms with E-state index < -0.39 is 20.7 Å². The number of sulfonamides is 1. The maximum atomic E-state index is 14.0. The van der Waals surface area contributed by atoms with Crippen LogP contribution in [0.5, 0.6) is 0 Å². The predicted octanol–water partition coefficient (Wildman–Crippen LogP) is 1.86. The van der Waals surface area contributed by atoms with Crippen LogP contribution in [-0.4, -0.2) is 39.0 Å². The molecule has 2 N–H and O–H groups in total. The molecule has 5 nitrogen and oxygen atoms in total. The van der Waals surface area contributed by atoms with Gasteiger partial charge in [0.2, 0.25) is 10.0 Å². The van der Waals surface area contributed by atoms with E-state index in [1.165, 1.54) is 10.4 Å². The molecule has 2 rings (SSSR count). The summed E-state index contributed by atoms with van der Waals surface area (Å²) in [5.74, 6) is -0.963. The average molecular weight is 323 g/mol. The number of nitrogen functional groups attached to an aromatic ring is 1. The molecule has 1 fully saturated rings. The van der Waals surface area contributed by atoms with Crippen molar-refractivity contribution in [1.29, 1.82) is 0 Å². The fraction of sp³-hybridized carbons (Fsp3) is 0.500. The van der Waals surface area contributed by atoms with Gasteiger partial charge in [0.1, 0.15) is 4.90 Å². The van der Waals surface area contributed by atoms with Crippen molar-refractivity contribution in [3.63, 3.8) is 0 Å². The molecule has 1 aromatic carbocycles. The van der Waals surface area contributed by atoms with Crippen LogP contribution in [0.3, 0.4) is 0 Å². The summed E-state index contributed by atoms with van der Waals surface area (Å²) in [6.07, 6.45) is 1.19. The molecule has 0 radical (unpaired) electrons. The standard InChI is InChI=1S/C12H16ClFN2O3S/c1-19-9-2-4-16(5-3-9)20(17,18)11-7-8(15)6-10(13)12(11)14/h6-7,9H,2-5,15H2,1H3. The summed E-state index contributed by atoms with van der Waals surface area (Å²) in [6.45, 7) is 0.569. The predicted molar refractivity (Wildman–Crippen MR) is 74.6 cm³/mol. The van der Waals surface area contributed by atoms with Crippen molar-refractivity contribution in [3.8, 4) is 0 Å². The molecule has 20 heavy (non-hydrogen) atoms. The number of halogens is 2. The molecule has 0 atom stereocenters. The lowest BCUT2D eigenvalue weighted by atomic mass is 10.1. The highest BCUT2D eigenvalue weighted by molar-refractivity contribution is 7.89. The number of rotatable bonds is 3. The second-order valence-electron chi connectivity index (χ2n) is 4.65. The Balaban J connectivity index is 2.32. The van der Waals surface area contributed by atoms with Crippen LogP contribution in [0, 0.1) is 5.82 Å². The van der Waals surface area contributed by atoms with Gasteiger partial charge in [-0.2, -0.15) is 4.31 Å². The maximum Gasteiger partial charge on any atom is 0.246 e. The summed E-state index contributed by atoms with van der Waals surface area (Å²) >= 11 is 5.65. The monoisotopic (exact) mass is 322 g/mol. The summed E-state index contributed by atoms with van der Waals surface area (Å²) in [5.41, 5.74) is 5.66. The number of methoxy groups -OCH3 is 1. The summed E-state index contributed by atoms with van der Waals surface area (Å²) in [4.78, 5) is -0.474. The molecular weight excluding hydrogens is 307 g/mol. The van der Waals surface area contributed by atoms with Crippen LogP contribution in [0.15, 0.2) is 17.0 Å². The largest absolute Gasteiger partial charge is 0.399 e. The van der Waals surface area contributed by atoms with Gasteiger partial charge in [0.05, 0.1) is 11.1 Å². The molecule has 0 spiro atoms. The molecule has 8 heteroatoms. The Bertz CT molecular complexity index is 601. The van der Waals surface area contributed by atoms with Gasteiger partial charge in [-0.3, -0.25) is 0 Å². The van der Waals surface area contributed by atoms with Gasteiger partial charge in [0, 0.05) is 25.9 Å². The summed E-state index contributed by atoms with van der Waals surface area (Å²) in [7, 11) is -2.34. The van der Waals surface area contributed by atoms with Gasteiger partial charge in [-0.25, -0.2) is 12.8 Å². The molecule has 0 bridgehead atoms. The Kier molecular flexibility index (Phi) is 4.53. The lowest BCUT2D eigenvalue weighted by Gasteiger charge is -2.30. The lowest BCUT2D eigenvalue weighted by molar-refractivity contribution is 0.0604. The van der Waals surface area contributed by atoms with Gasteiger partial charge in [-0.1, -0.05) is 11.6 Å². The Morgan fingerprint density at radius 2 is 2.00 bits per heavy atom. The highest BCUT2D eigenvalue weighted by Gasteiger charge is 2.32. The zero-order chi connectivity index (χ0) is 14.9. The number of ether oxygens (including phenoxy) is 1. The van der Waals surface area contributed by atoms with Crippen LogP contribution in [0.4, 0.5) is 10.1 Å². The Labute approximate surface area is 122 Å². The third kappa shape index (κ3) is 2.90. The van der Waals surface area contributed by atoms with E-state index >= 15 is 0 Å². The van der Waals surface area contributed by atoms with E-state index in [1.54, 1.807) is 7.11 Å². The van der Waals surface area contributed by atoms with Gasteiger partial charge in [-0.05, 0) is 25.0 Å². The van der Waals surface area contributed by atoms with Crippen molar-refractivity contribution in [1.82, 2.24) is 4.31 Å². The minimum absolute atomic E-state index is 0.0377. The molecule has 1 aliphatic rings. The molecule has 0 aromatic heterocycles. The van der Waals surface area contributed by atoms with Crippen LogP contribution in [0.2, 0.25) is 5.02 Å². The van der Waals surface area contributed by atoms with Crippen LogP contribution >= 0.6 is 11.6 Å². The number of hydrogen-bond acceptors (Lipinski definition) is 4. The normalized spacial score (nSPS) is 18.4. The zero-order valence-electron chi connectivity index (χ0n) is 11.0. The summed E-state index contributed by atoms with van der Waals surface area (Å²) < 4.78 is 45.2. The van der Waals surface area contributed by atoms with Gasteiger partial charge in [-0.15, -0.1) is 0 Å². The van der Waals surface area contributed by atoms with E-state index in [9.17, 15) is 12.8 Å². The molecule has 0 saturated carbocycles. The first-order valence-corrected chi connectivity index (χ1v) is 7.95. The molecule has 1 aliphatic heterocycles. The van der Waals surface area contributed by atoms with Crippen molar-refractivity contribution in [3.05, 3.63) is 23.0 Å². The van der Waals surface area contributed by atoms with E-state index in [-0.39, 0.29) is 29.9 Å². The Hall–Kier alpha value is -0.890. The third-order valence-corrected chi connectivity index (χ3v) is 5.54. The van der Waals surface area contributed by atoms with Crippen LogP contribution in [-0.2, 0) is 14.8 Å². The minimum atomic E-state index is -3.93. The summed E-state index contributed by atoms with van der Waals surface area (Å²) in [5, 5.41) is -0.296. The second kappa shape index (κ2) is 5.85. The second-order valence-corrected chi connectivity index (χ2v) is 6.97. The van der Waals surface area contributed by atoms with E-state index in [0.717, 1.165) is 6.07 Å². The number of piperidine rings is 1. The quantitative estimate of drug-likeness (QED) is 0.862. The third-order valence-electron chi connectivity index (χ3n) is 3.37. The van der Waals surface area contributed by atoms with E-state index in [4.69, 9.17) is 22.1 Å². The van der Waals surface area contributed by atoms with Gasteiger partial charge in [0.25, 0.3) is 0 Å². The number of benzene rings is 1. The smallest absolute Gasteiger partial charge is 0.246 e. The first kappa shape index (κ1) is 15.5. The van der Waals surface area contributed by atoms with Crippen molar-refractivity contribution < 1.29 is 17.5 Å². The van der Waals surface area contributed by atoms with Crippen molar-refractivity contribution in [2.45, 2.75) is 23.8 Å². The topological polar surface area (TPSA) is 72.6 Å². The molecule has 0 unspecified atom stereocenters. The summed E-state index contributed by atoms with van der Waals surface area (Å²) in [6, 6.07) is 2.28. The van der Waals surface area contributed by atoms with Crippen molar-refractivity contribution >= 4 is 27.3 Å². The molecular formula is C12H16ClFN2O3S. The molecule has 0 aliphatic carbocycles. The molecule has 112 valence electrons. The number of nitrogens with two attached hydrogens (primary N) is 1. The Morgan fingerprint density at radius 3 is 2.55 bits per heavy atom. The first-order valence-electron chi connectivity index (χ1n) is 6.13. The number of hydrogen-bond donors (Lipinski definition) is 1. The lowest BCUT2D eigenvalue weighted by Crippen LogP contribution is -2.40. The van der Waals surface area contributed by atoms with Crippen LogP contribution in [0.25, 0.3) is 0 Å². The maximum absolute atomic E-state index is 14.0. The Morgan fingerprint density at radius 1 is 1.40 bits per heavy atom. The highest BCUT2D eigenvalue weighted by Crippen LogP contribution is 2.29. The average Bonchev–Trinajstić information content (AvgIpc) is 2.42. The zero-order valence-corrected chi connectivity index (χ0v) is 12.5. The van der Waals surface area contributed by atoms with Gasteiger partial charge >= 0.3 is 0 Å². The van der Waals surface area contributed by atoms with Gasteiger partial charge in [0.15, 0.2) is 5.82 Å². The fourth-order valence-electron chi connectivity index (χ4n) is 2.22. The van der Waals surface area contributed by atoms with Crippen molar-refractivity contribution in [2.24, 2.45) is 0 Å². The van der Waals surface area contributed by atoms with E-state index in [2.05, 4.69) is 0 Å². The van der Waals surface area contributed by atoms with Crippen LogP contribution in [0.1, 0.15) is 12.8 Å². The number of anilines is 1. The molecule has 0 amide bonds. The molecule has 1 heterocycles.